The molecule has 0 radical (unpaired) electrons. The molecule has 2 heterocycles. The van der Waals surface area contributed by atoms with Gasteiger partial charge in [-0.15, -0.1) is 0 Å². The highest BCUT2D eigenvalue weighted by molar-refractivity contribution is 5.79. The number of nitrogens with zero attached hydrogens (tertiary/aromatic N) is 1. The summed E-state index contributed by atoms with van der Waals surface area (Å²) in [6.45, 7) is 6.99. The van der Waals surface area contributed by atoms with Crippen molar-refractivity contribution in [2.45, 2.75) is 38.8 Å². The Kier molecular flexibility index (Phi) is 3.21. The van der Waals surface area contributed by atoms with Gasteiger partial charge in [0.2, 0.25) is 0 Å². The SMILES string of the molecule is Cc1cc(C(C)N2CCC(N)(C(=O)O)C2)c(C)o1. The van der Waals surface area contributed by atoms with Crippen molar-refractivity contribution in [2.24, 2.45) is 5.73 Å². The predicted molar refractivity (Wildman–Crippen MR) is 67.3 cm³/mol. The van der Waals surface area contributed by atoms with E-state index in [1.165, 1.54) is 0 Å². The maximum absolute atomic E-state index is 11.1. The summed E-state index contributed by atoms with van der Waals surface area (Å²) in [5.41, 5.74) is 5.89. The molecule has 2 rings (SSSR count). The van der Waals surface area contributed by atoms with Crippen LogP contribution in [0.15, 0.2) is 10.5 Å². The van der Waals surface area contributed by atoms with Gasteiger partial charge < -0.3 is 15.3 Å². The van der Waals surface area contributed by atoms with Gasteiger partial charge >= 0.3 is 5.97 Å². The monoisotopic (exact) mass is 252 g/mol. The molecule has 3 N–H and O–H groups in total. The molecule has 2 unspecified atom stereocenters. The first-order valence-electron chi connectivity index (χ1n) is 6.17. The van der Waals surface area contributed by atoms with Crippen LogP contribution in [0, 0.1) is 13.8 Å². The van der Waals surface area contributed by atoms with E-state index < -0.39 is 11.5 Å². The highest BCUT2D eigenvalue weighted by Crippen LogP contribution is 2.31. The Morgan fingerprint density at radius 2 is 2.28 bits per heavy atom. The minimum atomic E-state index is -1.11. The topological polar surface area (TPSA) is 79.7 Å². The van der Waals surface area contributed by atoms with Gasteiger partial charge in [-0.2, -0.15) is 0 Å². The first-order chi connectivity index (χ1) is 8.33. The van der Waals surface area contributed by atoms with Crippen LogP contribution in [-0.4, -0.2) is 34.6 Å². The van der Waals surface area contributed by atoms with Gasteiger partial charge in [-0.3, -0.25) is 9.69 Å². The van der Waals surface area contributed by atoms with Crippen molar-refractivity contribution >= 4 is 5.97 Å². The number of carbonyl (C=O) groups is 1. The van der Waals surface area contributed by atoms with Crippen molar-refractivity contribution in [3.05, 3.63) is 23.2 Å². The maximum Gasteiger partial charge on any atom is 0.325 e. The van der Waals surface area contributed by atoms with Crippen molar-refractivity contribution in [3.8, 4) is 0 Å². The average Bonchev–Trinajstić information content (AvgIpc) is 2.82. The van der Waals surface area contributed by atoms with Crippen LogP contribution < -0.4 is 5.73 Å². The molecule has 1 fully saturated rings. The third-order valence-electron chi connectivity index (χ3n) is 3.83. The Hall–Kier alpha value is -1.33. The number of aryl methyl sites for hydroxylation is 2. The average molecular weight is 252 g/mol. The summed E-state index contributed by atoms with van der Waals surface area (Å²) in [7, 11) is 0. The van der Waals surface area contributed by atoms with Crippen molar-refractivity contribution in [1.29, 1.82) is 0 Å². The number of hydrogen-bond acceptors (Lipinski definition) is 4. The lowest BCUT2D eigenvalue weighted by Gasteiger charge is -2.25. The van der Waals surface area contributed by atoms with Gasteiger partial charge in [-0.25, -0.2) is 0 Å². The van der Waals surface area contributed by atoms with Crippen molar-refractivity contribution in [3.63, 3.8) is 0 Å². The number of nitrogens with two attached hydrogens (primary N) is 1. The van der Waals surface area contributed by atoms with E-state index in [9.17, 15) is 4.79 Å². The van der Waals surface area contributed by atoms with Crippen LogP contribution in [0.25, 0.3) is 0 Å². The molecule has 1 aliphatic heterocycles. The molecule has 5 nitrogen and oxygen atoms in total. The summed E-state index contributed by atoms with van der Waals surface area (Å²) in [5, 5.41) is 9.13. The first-order valence-corrected chi connectivity index (χ1v) is 6.17. The lowest BCUT2D eigenvalue weighted by atomic mass is 10.0. The molecule has 18 heavy (non-hydrogen) atoms. The van der Waals surface area contributed by atoms with Gasteiger partial charge in [0.15, 0.2) is 0 Å². The normalized spacial score (nSPS) is 26.4. The molecular weight excluding hydrogens is 232 g/mol. The number of furan rings is 1. The van der Waals surface area contributed by atoms with Gasteiger partial charge in [0, 0.05) is 24.7 Å². The molecule has 1 saturated heterocycles. The molecule has 1 aromatic heterocycles. The second kappa shape index (κ2) is 4.40. The summed E-state index contributed by atoms with van der Waals surface area (Å²) in [4.78, 5) is 13.2. The van der Waals surface area contributed by atoms with Crippen LogP contribution in [0.3, 0.4) is 0 Å². The predicted octanol–water partition coefficient (Wildman–Crippen LogP) is 1.45. The largest absolute Gasteiger partial charge is 0.480 e. The summed E-state index contributed by atoms with van der Waals surface area (Å²) >= 11 is 0. The van der Waals surface area contributed by atoms with Crippen LogP contribution in [-0.2, 0) is 4.79 Å². The number of hydrogen-bond donors (Lipinski definition) is 2. The lowest BCUT2D eigenvalue weighted by Crippen LogP contribution is -2.50. The maximum atomic E-state index is 11.1. The van der Waals surface area contributed by atoms with Crippen LogP contribution >= 0.6 is 0 Å². The zero-order chi connectivity index (χ0) is 13.5. The standard InChI is InChI=1S/C13H20N2O3/c1-8-6-11(10(3)18-8)9(2)15-5-4-13(14,7-15)12(16)17/h6,9H,4-5,7,14H2,1-3H3,(H,16,17). The van der Waals surface area contributed by atoms with E-state index >= 15 is 0 Å². The molecule has 5 heteroatoms. The molecule has 1 aromatic rings. The van der Waals surface area contributed by atoms with Gasteiger partial charge in [-0.1, -0.05) is 0 Å². The fourth-order valence-corrected chi connectivity index (χ4v) is 2.63. The molecule has 2 atom stereocenters. The summed E-state index contributed by atoms with van der Waals surface area (Å²) in [5.74, 6) is 0.855. The van der Waals surface area contributed by atoms with Crippen LogP contribution in [0.1, 0.15) is 36.5 Å². The Bertz CT molecular complexity index is 469. The van der Waals surface area contributed by atoms with Crippen LogP contribution in [0.5, 0.6) is 0 Å². The van der Waals surface area contributed by atoms with E-state index in [4.69, 9.17) is 15.3 Å². The van der Waals surface area contributed by atoms with E-state index in [0.717, 1.165) is 17.1 Å². The molecular formula is C13H20N2O3. The summed E-state index contributed by atoms with van der Waals surface area (Å²) < 4.78 is 5.52. The van der Waals surface area contributed by atoms with E-state index in [-0.39, 0.29) is 6.04 Å². The molecule has 100 valence electrons. The fraction of sp³-hybridized carbons (Fsp3) is 0.615. The minimum absolute atomic E-state index is 0.132. The molecule has 0 amide bonds. The van der Waals surface area contributed by atoms with E-state index in [2.05, 4.69) is 11.8 Å². The molecule has 0 bridgehead atoms. The Balaban J connectivity index is 2.15. The number of aliphatic carboxylic acids is 1. The summed E-state index contributed by atoms with van der Waals surface area (Å²) in [6.07, 6.45) is 0.489. The quantitative estimate of drug-likeness (QED) is 0.851. The van der Waals surface area contributed by atoms with Crippen molar-refractivity contribution in [2.75, 3.05) is 13.1 Å². The Morgan fingerprint density at radius 1 is 1.61 bits per heavy atom. The molecule has 0 aliphatic carbocycles. The Labute approximate surface area is 107 Å². The van der Waals surface area contributed by atoms with Gasteiger partial charge in [-0.05, 0) is 33.3 Å². The minimum Gasteiger partial charge on any atom is -0.480 e. The first kappa shape index (κ1) is 13.1. The molecule has 1 aliphatic rings. The van der Waals surface area contributed by atoms with Crippen LogP contribution in [0.4, 0.5) is 0 Å². The molecule has 0 aromatic carbocycles. The Morgan fingerprint density at radius 3 is 2.72 bits per heavy atom. The van der Waals surface area contributed by atoms with Crippen LogP contribution in [0.2, 0.25) is 0 Å². The van der Waals surface area contributed by atoms with E-state index in [1.54, 1.807) is 0 Å². The fourth-order valence-electron chi connectivity index (χ4n) is 2.63. The van der Waals surface area contributed by atoms with E-state index in [0.29, 0.717) is 19.5 Å². The molecule has 0 saturated carbocycles. The van der Waals surface area contributed by atoms with Crippen molar-refractivity contribution in [1.82, 2.24) is 4.90 Å². The molecule has 0 spiro atoms. The van der Waals surface area contributed by atoms with Gasteiger partial charge in [0.1, 0.15) is 17.1 Å². The number of likely N-dealkylation sites (tertiary alicyclic amines) is 1. The van der Waals surface area contributed by atoms with Crippen molar-refractivity contribution < 1.29 is 14.3 Å². The smallest absolute Gasteiger partial charge is 0.325 e. The van der Waals surface area contributed by atoms with Gasteiger partial charge in [0.25, 0.3) is 0 Å². The third kappa shape index (κ3) is 2.15. The summed E-state index contributed by atoms with van der Waals surface area (Å²) in [6, 6.07) is 2.14. The van der Waals surface area contributed by atoms with E-state index in [1.807, 2.05) is 19.9 Å². The zero-order valence-electron chi connectivity index (χ0n) is 11.1. The zero-order valence-corrected chi connectivity index (χ0v) is 11.1. The number of carboxylic acids is 1. The van der Waals surface area contributed by atoms with Gasteiger partial charge in [0.05, 0.1) is 0 Å². The second-order valence-corrected chi connectivity index (χ2v) is 5.23. The highest BCUT2D eigenvalue weighted by Gasteiger charge is 2.43. The third-order valence-corrected chi connectivity index (χ3v) is 3.83. The lowest BCUT2D eigenvalue weighted by molar-refractivity contribution is -0.142. The second-order valence-electron chi connectivity index (χ2n) is 5.23. The highest BCUT2D eigenvalue weighted by atomic mass is 16.4. The number of rotatable bonds is 3. The number of carboxylic acid groups (broad SMARTS) is 1.